The number of nitrogen functional groups attached to an aromatic ring is 1. The number of aromatic nitrogens is 4. The molecule has 16 nitrogen and oxygen atoms in total. The summed E-state index contributed by atoms with van der Waals surface area (Å²) in [4.78, 5) is 81.1. The van der Waals surface area contributed by atoms with Gasteiger partial charge in [0.15, 0.2) is 33.6 Å². The summed E-state index contributed by atoms with van der Waals surface area (Å²) < 4.78 is 13.2. The van der Waals surface area contributed by atoms with Gasteiger partial charge in [-0.05, 0) is 68.4 Å². The van der Waals surface area contributed by atoms with Gasteiger partial charge in [-0.1, -0.05) is 17.8 Å². The third-order valence-corrected chi connectivity index (χ3v) is 11.7. The Kier molecular flexibility index (Phi) is 9.56. The Bertz CT molecular complexity index is 2200. The molecule has 6 heterocycles. The molecule has 280 valence electrons. The molecule has 0 bridgehead atoms. The normalized spacial score (nSPS) is 18.3. The van der Waals surface area contributed by atoms with Crippen molar-refractivity contribution in [2.45, 2.75) is 81.1 Å². The number of nitrogens with zero attached hydrogens (tertiary/aromatic N) is 6. The van der Waals surface area contributed by atoms with Crippen molar-refractivity contribution in [2.24, 2.45) is 5.92 Å². The van der Waals surface area contributed by atoms with E-state index in [1.54, 1.807) is 18.2 Å². The number of rotatable bonds is 10. The third-order valence-electron chi connectivity index (χ3n) is 10.5. The first kappa shape index (κ1) is 35.3. The average molecular weight is 754 g/mol. The zero-order valence-corrected chi connectivity index (χ0v) is 30.4. The van der Waals surface area contributed by atoms with Gasteiger partial charge in [0.05, 0.1) is 0 Å². The van der Waals surface area contributed by atoms with Gasteiger partial charge in [0.2, 0.25) is 30.4 Å². The summed E-state index contributed by atoms with van der Waals surface area (Å²) in [5.41, 5.74) is 9.96. The number of hydrogen-bond donors (Lipinski definition) is 3. The van der Waals surface area contributed by atoms with E-state index in [4.69, 9.17) is 20.2 Å². The molecule has 4 N–H and O–H groups in total. The molecule has 2 saturated heterocycles. The maximum Gasteiger partial charge on any atom is 0.255 e. The summed E-state index contributed by atoms with van der Waals surface area (Å²) in [6, 6.07) is 8.22. The zero-order valence-electron chi connectivity index (χ0n) is 29.6. The summed E-state index contributed by atoms with van der Waals surface area (Å²) in [6.07, 6.45) is 4.44. The van der Waals surface area contributed by atoms with Crippen molar-refractivity contribution in [2.75, 3.05) is 30.9 Å². The van der Waals surface area contributed by atoms with Crippen LogP contribution in [0.15, 0.2) is 46.7 Å². The summed E-state index contributed by atoms with van der Waals surface area (Å²) >= 11 is 1.52. The molecule has 0 spiro atoms. The number of piperidine rings is 2. The Morgan fingerprint density at radius 1 is 1.06 bits per heavy atom. The Morgan fingerprint density at radius 2 is 1.85 bits per heavy atom. The minimum Gasteiger partial charge on any atom is -0.454 e. The number of carbonyl (C=O) groups is 5. The number of ether oxygens (including phenoxy) is 2. The van der Waals surface area contributed by atoms with Gasteiger partial charge >= 0.3 is 0 Å². The van der Waals surface area contributed by atoms with Crippen LogP contribution < -0.4 is 25.8 Å². The Balaban J connectivity index is 0.838. The minimum absolute atomic E-state index is 0.00475. The number of aryl methyl sites for hydroxylation is 2. The predicted molar refractivity (Wildman–Crippen MR) is 195 cm³/mol. The lowest BCUT2D eigenvalue weighted by Crippen LogP contribution is -2.52. The summed E-state index contributed by atoms with van der Waals surface area (Å²) in [5.74, 6) is 0.545. The van der Waals surface area contributed by atoms with Crippen molar-refractivity contribution in [1.29, 1.82) is 0 Å². The molecule has 4 aromatic rings. The first-order valence-corrected chi connectivity index (χ1v) is 18.8. The summed E-state index contributed by atoms with van der Waals surface area (Å²) in [7, 11) is 0. The number of amides is 5. The number of nitrogens with one attached hydrogen (secondary N) is 2. The number of imidazole rings is 1. The molecular formula is C37H39N9O7S. The third kappa shape index (κ3) is 6.90. The van der Waals surface area contributed by atoms with Crippen molar-refractivity contribution < 1.29 is 33.4 Å². The van der Waals surface area contributed by atoms with Gasteiger partial charge in [0.25, 0.3) is 5.91 Å². The van der Waals surface area contributed by atoms with E-state index in [-0.39, 0.29) is 62.6 Å². The molecule has 1 atom stereocenters. The van der Waals surface area contributed by atoms with E-state index in [0.717, 1.165) is 40.6 Å². The first-order chi connectivity index (χ1) is 26.1. The second-order valence-corrected chi connectivity index (χ2v) is 15.0. The monoisotopic (exact) mass is 753 g/mol. The molecule has 0 radical (unpaired) electrons. The number of likely N-dealkylation sites (tertiary alicyclic amines) is 1. The fourth-order valence-corrected chi connectivity index (χ4v) is 8.53. The lowest BCUT2D eigenvalue weighted by atomic mass is 9.93. The number of nitrogens with two attached hydrogens (primary N) is 1. The fourth-order valence-electron chi connectivity index (χ4n) is 7.52. The van der Waals surface area contributed by atoms with Crippen LogP contribution in [0.1, 0.15) is 66.4 Å². The highest BCUT2D eigenvalue weighted by atomic mass is 32.2. The van der Waals surface area contributed by atoms with Gasteiger partial charge in [-0.2, -0.15) is 0 Å². The van der Waals surface area contributed by atoms with Crippen LogP contribution in [0.3, 0.4) is 0 Å². The highest BCUT2D eigenvalue weighted by Gasteiger charge is 2.40. The number of hydrogen-bond acceptors (Lipinski definition) is 12. The standard InChI is InChI=1S/C37H39N9O7S/c1-20-15-26-27(53-19-52-26)16-28(20)54-37-43-32-33(38)39-18-40-34(32)45(37)14-11-21-9-12-44(13-10-21)31(49)8-7-29(47)41-24-4-2-3-22-23(24)17-46(36(22)51)25-5-6-30(48)42-35(25)50/h2-4,15-16,18,21,25H,5-14,17,19H2,1H3,(H,41,47)(H2,38,39,40)(H,42,48,50). The van der Waals surface area contributed by atoms with Crippen LogP contribution in [0.25, 0.3) is 11.2 Å². The van der Waals surface area contributed by atoms with E-state index in [9.17, 15) is 24.0 Å². The van der Waals surface area contributed by atoms with Gasteiger partial charge in [0, 0.05) is 67.2 Å². The quantitative estimate of drug-likeness (QED) is 0.200. The van der Waals surface area contributed by atoms with Gasteiger partial charge in [0.1, 0.15) is 12.4 Å². The van der Waals surface area contributed by atoms with E-state index in [1.807, 2.05) is 24.0 Å². The van der Waals surface area contributed by atoms with Crippen LogP contribution in [0, 0.1) is 12.8 Å². The molecule has 0 saturated carbocycles. The zero-order chi connectivity index (χ0) is 37.5. The maximum absolute atomic E-state index is 13.2. The average Bonchev–Trinajstić information content (AvgIpc) is 3.86. The van der Waals surface area contributed by atoms with Crippen molar-refractivity contribution in [3.05, 3.63) is 53.3 Å². The van der Waals surface area contributed by atoms with Gasteiger partial charge < -0.3 is 34.9 Å². The van der Waals surface area contributed by atoms with Crippen LogP contribution >= 0.6 is 11.8 Å². The summed E-state index contributed by atoms with van der Waals surface area (Å²) in [5, 5.41) is 5.92. The fraction of sp³-hybridized carbons (Fsp3) is 0.405. The first-order valence-electron chi connectivity index (χ1n) is 18.0. The molecule has 2 aromatic carbocycles. The van der Waals surface area contributed by atoms with Crippen LogP contribution in [-0.2, 0) is 32.3 Å². The number of carbonyl (C=O) groups excluding carboxylic acids is 5. The van der Waals surface area contributed by atoms with E-state index < -0.39 is 11.9 Å². The molecule has 2 fully saturated rings. The Morgan fingerprint density at radius 3 is 2.65 bits per heavy atom. The number of fused-ring (bicyclic) bond motifs is 3. The van der Waals surface area contributed by atoms with Gasteiger partial charge in [-0.3, -0.25) is 29.3 Å². The maximum atomic E-state index is 13.2. The van der Waals surface area contributed by atoms with Crippen LogP contribution in [0.2, 0.25) is 0 Å². The van der Waals surface area contributed by atoms with E-state index in [0.29, 0.717) is 65.1 Å². The molecule has 17 heteroatoms. The predicted octanol–water partition coefficient (Wildman–Crippen LogP) is 3.41. The Hall–Kier alpha value is -5.71. The summed E-state index contributed by atoms with van der Waals surface area (Å²) in [6.45, 7) is 4.23. The highest BCUT2D eigenvalue weighted by molar-refractivity contribution is 7.99. The molecule has 0 aliphatic carbocycles. The van der Waals surface area contributed by atoms with Crippen molar-refractivity contribution in [3.63, 3.8) is 0 Å². The van der Waals surface area contributed by atoms with Crippen molar-refractivity contribution in [3.8, 4) is 11.5 Å². The molecule has 2 aromatic heterocycles. The highest BCUT2D eigenvalue weighted by Crippen LogP contribution is 2.41. The Labute approximate surface area is 314 Å². The molecular weight excluding hydrogens is 715 g/mol. The number of benzene rings is 2. The minimum atomic E-state index is -0.749. The second-order valence-electron chi connectivity index (χ2n) is 13.9. The molecule has 1 unspecified atom stereocenters. The molecule has 8 rings (SSSR count). The molecule has 54 heavy (non-hydrogen) atoms. The van der Waals surface area contributed by atoms with Crippen LogP contribution in [-0.4, -0.2) is 84.8 Å². The lowest BCUT2D eigenvalue weighted by Gasteiger charge is -2.32. The number of anilines is 2. The number of imide groups is 1. The topological polar surface area (TPSA) is 204 Å². The van der Waals surface area contributed by atoms with E-state index in [2.05, 4.69) is 25.2 Å². The van der Waals surface area contributed by atoms with E-state index in [1.165, 1.54) is 23.0 Å². The van der Waals surface area contributed by atoms with Crippen LogP contribution in [0.5, 0.6) is 11.5 Å². The van der Waals surface area contributed by atoms with Gasteiger partial charge in [-0.25, -0.2) is 15.0 Å². The van der Waals surface area contributed by atoms with Crippen molar-refractivity contribution >= 4 is 64.0 Å². The molecule has 4 aliphatic rings. The molecule has 5 amide bonds. The SMILES string of the molecule is Cc1cc2c(cc1Sc1nc3c(N)ncnc3n1CCC1CCN(C(=O)CCC(=O)Nc3cccc4c3CN(C3CCC(=O)NC3=O)C4=O)CC1)OCO2. The largest absolute Gasteiger partial charge is 0.454 e. The van der Waals surface area contributed by atoms with Gasteiger partial charge in [-0.15, -0.1) is 0 Å². The lowest BCUT2D eigenvalue weighted by molar-refractivity contribution is -0.137. The van der Waals surface area contributed by atoms with Crippen molar-refractivity contribution in [1.82, 2.24) is 34.6 Å². The smallest absolute Gasteiger partial charge is 0.255 e. The van der Waals surface area contributed by atoms with Crippen LogP contribution in [0.4, 0.5) is 11.5 Å². The second kappa shape index (κ2) is 14.6. The van der Waals surface area contributed by atoms with E-state index >= 15 is 0 Å². The molecule has 4 aliphatic heterocycles.